The Morgan fingerprint density at radius 3 is 2.78 bits per heavy atom. The van der Waals surface area contributed by atoms with E-state index in [1.807, 2.05) is 37.3 Å². The zero-order valence-electron chi connectivity index (χ0n) is 19.8. The third kappa shape index (κ3) is 4.55. The van der Waals surface area contributed by atoms with Crippen molar-refractivity contribution in [3.05, 3.63) is 42.1 Å². The van der Waals surface area contributed by atoms with Crippen molar-refractivity contribution < 1.29 is 13.9 Å². The van der Waals surface area contributed by atoms with Gasteiger partial charge in [0.2, 0.25) is 0 Å². The number of fused-ring (bicyclic) bond motifs is 3. The summed E-state index contributed by atoms with van der Waals surface area (Å²) >= 11 is 0. The van der Waals surface area contributed by atoms with Gasteiger partial charge in [-0.05, 0) is 57.4 Å². The summed E-state index contributed by atoms with van der Waals surface area (Å²) in [6.07, 6.45) is 9.33. The molecule has 1 fully saturated rings. The lowest BCUT2D eigenvalue weighted by Gasteiger charge is -2.37. The molecule has 174 valence electrons. The summed E-state index contributed by atoms with van der Waals surface area (Å²) in [5.74, 6) is 0.813. The SMILES string of the molecule is CC[C@H](C)CCCC(C)(C)OC(=O)N1CCC(C2c3c(F)cccc3-c3cncn32)CC1. The minimum absolute atomic E-state index is 0.0566. The number of piperidine rings is 1. The lowest BCUT2D eigenvalue weighted by atomic mass is 9.85. The van der Waals surface area contributed by atoms with Crippen molar-refractivity contribution in [1.82, 2.24) is 14.5 Å². The molecule has 5 nitrogen and oxygen atoms in total. The van der Waals surface area contributed by atoms with Gasteiger partial charge in [0.25, 0.3) is 0 Å². The first-order chi connectivity index (χ1) is 15.3. The van der Waals surface area contributed by atoms with Gasteiger partial charge in [-0.2, -0.15) is 0 Å². The average molecular weight is 442 g/mol. The van der Waals surface area contributed by atoms with E-state index in [-0.39, 0.29) is 23.9 Å². The number of hydrogen-bond donors (Lipinski definition) is 0. The maximum atomic E-state index is 14.8. The molecule has 0 N–H and O–H groups in total. The van der Waals surface area contributed by atoms with Crippen LogP contribution < -0.4 is 0 Å². The molecule has 1 saturated heterocycles. The van der Waals surface area contributed by atoms with Crippen LogP contribution in [-0.2, 0) is 4.74 Å². The highest BCUT2D eigenvalue weighted by molar-refractivity contribution is 5.70. The van der Waals surface area contributed by atoms with Crippen LogP contribution in [-0.4, -0.2) is 39.2 Å². The first-order valence-corrected chi connectivity index (χ1v) is 12.1. The second-order valence-corrected chi connectivity index (χ2v) is 10.2. The fourth-order valence-electron chi connectivity index (χ4n) is 5.23. The summed E-state index contributed by atoms with van der Waals surface area (Å²) in [5, 5.41) is 0. The summed E-state index contributed by atoms with van der Waals surface area (Å²) in [6, 6.07) is 5.22. The summed E-state index contributed by atoms with van der Waals surface area (Å²) in [5.41, 5.74) is 2.23. The molecule has 2 aliphatic heterocycles. The highest BCUT2D eigenvalue weighted by Gasteiger charge is 2.39. The predicted octanol–water partition coefficient (Wildman–Crippen LogP) is 6.44. The average Bonchev–Trinajstić information content (AvgIpc) is 3.35. The molecule has 6 heteroatoms. The van der Waals surface area contributed by atoms with Gasteiger partial charge in [-0.3, -0.25) is 0 Å². The number of halogens is 1. The minimum Gasteiger partial charge on any atom is -0.443 e. The van der Waals surface area contributed by atoms with Crippen molar-refractivity contribution >= 4 is 6.09 Å². The van der Waals surface area contributed by atoms with E-state index in [0.29, 0.717) is 19.0 Å². The topological polar surface area (TPSA) is 47.4 Å². The summed E-state index contributed by atoms with van der Waals surface area (Å²) in [6.45, 7) is 9.77. The Morgan fingerprint density at radius 2 is 2.06 bits per heavy atom. The van der Waals surface area contributed by atoms with E-state index >= 15 is 0 Å². The summed E-state index contributed by atoms with van der Waals surface area (Å²) in [4.78, 5) is 18.9. The maximum absolute atomic E-state index is 14.8. The number of nitrogens with zero attached hydrogens (tertiary/aromatic N) is 3. The fourth-order valence-corrected chi connectivity index (χ4v) is 5.23. The second-order valence-electron chi connectivity index (χ2n) is 10.2. The molecule has 3 heterocycles. The Morgan fingerprint density at radius 1 is 1.31 bits per heavy atom. The number of hydrogen-bond acceptors (Lipinski definition) is 3. The molecule has 4 rings (SSSR count). The van der Waals surface area contributed by atoms with Crippen molar-refractivity contribution in [2.75, 3.05) is 13.1 Å². The van der Waals surface area contributed by atoms with Gasteiger partial charge in [0, 0.05) is 24.2 Å². The molecule has 0 aliphatic carbocycles. The van der Waals surface area contributed by atoms with Crippen LogP contribution in [0.4, 0.5) is 9.18 Å². The standard InChI is InChI=1S/C26H36FN3O2/c1-5-18(2)8-7-13-26(3,4)32-25(31)29-14-11-19(12-15-29)24-23-20(9-6-10-21(23)27)22-16-28-17-30(22)24/h6,9-10,16-19,24H,5,7-8,11-15H2,1-4H3/t18-,24?/m0/s1. The van der Waals surface area contributed by atoms with E-state index in [2.05, 4.69) is 23.4 Å². The van der Waals surface area contributed by atoms with Crippen LogP contribution in [0.15, 0.2) is 30.7 Å². The molecule has 1 unspecified atom stereocenters. The Labute approximate surface area is 191 Å². The minimum atomic E-state index is -0.458. The Kier molecular flexibility index (Phi) is 6.59. The van der Waals surface area contributed by atoms with Gasteiger partial charge in [0.05, 0.1) is 24.3 Å². The van der Waals surface area contributed by atoms with Crippen molar-refractivity contribution in [2.24, 2.45) is 11.8 Å². The van der Waals surface area contributed by atoms with Crippen LogP contribution in [0.25, 0.3) is 11.3 Å². The van der Waals surface area contributed by atoms with Crippen LogP contribution in [0.5, 0.6) is 0 Å². The van der Waals surface area contributed by atoms with Crippen LogP contribution >= 0.6 is 0 Å². The van der Waals surface area contributed by atoms with E-state index in [0.717, 1.165) is 42.5 Å². The molecular formula is C26H36FN3O2. The zero-order chi connectivity index (χ0) is 22.9. The monoisotopic (exact) mass is 441 g/mol. The van der Waals surface area contributed by atoms with Crippen LogP contribution in [0.2, 0.25) is 0 Å². The number of carbonyl (C=O) groups excluding carboxylic acids is 1. The highest BCUT2D eigenvalue weighted by atomic mass is 19.1. The van der Waals surface area contributed by atoms with E-state index < -0.39 is 5.60 Å². The number of ether oxygens (including phenoxy) is 1. The molecule has 1 aromatic heterocycles. The first kappa shape index (κ1) is 22.8. The smallest absolute Gasteiger partial charge is 0.410 e. The van der Waals surface area contributed by atoms with Gasteiger partial charge in [0.15, 0.2) is 0 Å². The molecule has 2 aliphatic rings. The van der Waals surface area contributed by atoms with Gasteiger partial charge in [-0.1, -0.05) is 38.8 Å². The Hall–Kier alpha value is -2.37. The second kappa shape index (κ2) is 9.24. The molecule has 1 amide bonds. The van der Waals surface area contributed by atoms with E-state index in [1.165, 1.54) is 12.8 Å². The third-order valence-electron chi connectivity index (χ3n) is 7.37. The van der Waals surface area contributed by atoms with Gasteiger partial charge >= 0.3 is 6.09 Å². The lowest BCUT2D eigenvalue weighted by Crippen LogP contribution is -2.43. The Balaban J connectivity index is 1.35. The van der Waals surface area contributed by atoms with Crippen molar-refractivity contribution in [3.8, 4) is 11.3 Å². The molecule has 0 spiro atoms. The molecule has 1 aromatic carbocycles. The molecular weight excluding hydrogens is 405 g/mol. The van der Waals surface area contributed by atoms with Crippen LogP contribution in [0, 0.1) is 17.7 Å². The zero-order valence-corrected chi connectivity index (χ0v) is 19.8. The highest BCUT2D eigenvalue weighted by Crippen LogP contribution is 2.46. The first-order valence-electron chi connectivity index (χ1n) is 12.1. The summed E-state index contributed by atoms with van der Waals surface area (Å²) < 4.78 is 22.8. The summed E-state index contributed by atoms with van der Waals surface area (Å²) in [7, 11) is 0. The molecule has 0 radical (unpaired) electrons. The predicted molar refractivity (Wildman–Crippen MR) is 124 cm³/mol. The molecule has 0 saturated carbocycles. The molecule has 2 aromatic rings. The maximum Gasteiger partial charge on any atom is 0.410 e. The van der Waals surface area contributed by atoms with Crippen molar-refractivity contribution in [3.63, 3.8) is 0 Å². The Bertz CT molecular complexity index is 946. The van der Waals surface area contributed by atoms with E-state index in [4.69, 9.17) is 4.74 Å². The van der Waals surface area contributed by atoms with Gasteiger partial charge in [-0.25, -0.2) is 14.2 Å². The fraction of sp³-hybridized carbons (Fsp3) is 0.615. The number of aromatic nitrogens is 2. The van der Waals surface area contributed by atoms with E-state index in [9.17, 15) is 9.18 Å². The lowest BCUT2D eigenvalue weighted by molar-refractivity contribution is 0.000252. The van der Waals surface area contributed by atoms with Gasteiger partial charge < -0.3 is 14.2 Å². The van der Waals surface area contributed by atoms with Crippen molar-refractivity contribution in [2.45, 2.75) is 77.9 Å². The quantitative estimate of drug-likeness (QED) is 0.497. The third-order valence-corrected chi connectivity index (χ3v) is 7.37. The number of amides is 1. The molecule has 2 atom stereocenters. The largest absolute Gasteiger partial charge is 0.443 e. The number of carbonyl (C=O) groups is 1. The molecule has 0 bridgehead atoms. The normalized spacial score (nSPS) is 19.5. The number of imidazole rings is 1. The molecule has 32 heavy (non-hydrogen) atoms. The number of rotatable bonds is 7. The van der Waals surface area contributed by atoms with Gasteiger partial charge in [-0.15, -0.1) is 0 Å². The van der Waals surface area contributed by atoms with E-state index in [1.54, 1.807) is 12.1 Å². The van der Waals surface area contributed by atoms with Crippen LogP contribution in [0.3, 0.4) is 0 Å². The number of likely N-dealkylation sites (tertiary alicyclic amines) is 1. The van der Waals surface area contributed by atoms with Crippen molar-refractivity contribution in [1.29, 1.82) is 0 Å². The van der Waals surface area contributed by atoms with Crippen LogP contribution in [0.1, 0.15) is 77.8 Å². The number of benzene rings is 1. The van der Waals surface area contributed by atoms with Gasteiger partial charge in [0.1, 0.15) is 11.4 Å².